The van der Waals surface area contributed by atoms with Crippen molar-refractivity contribution in [3.8, 4) is 5.69 Å². The maximum Gasteiger partial charge on any atom is 0.490 e. The molecule has 0 bridgehead atoms. The zero-order valence-electron chi connectivity index (χ0n) is 46.5. The summed E-state index contributed by atoms with van der Waals surface area (Å²) < 4.78 is 62.5. The highest BCUT2D eigenvalue weighted by molar-refractivity contribution is 8.00. The Morgan fingerprint density at radius 2 is 1.51 bits per heavy atom. The fraction of sp³-hybridized carbons (Fsp3) is 0.426. The predicted molar refractivity (Wildman–Crippen MR) is 298 cm³/mol. The number of amides is 9. The molecule has 0 saturated carbocycles. The number of hydrogen-bond donors (Lipinski definition) is 10. The number of imide groups is 1. The van der Waals surface area contributed by atoms with E-state index >= 15 is 4.39 Å². The summed E-state index contributed by atoms with van der Waals surface area (Å²) in [7, 11) is 0. The van der Waals surface area contributed by atoms with Gasteiger partial charge >= 0.3 is 24.1 Å². The summed E-state index contributed by atoms with van der Waals surface area (Å²) in [4.78, 5) is 129. The number of carbonyl (C=O) groups is 10. The Morgan fingerprint density at radius 1 is 0.871 bits per heavy atom. The van der Waals surface area contributed by atoms with E-state index in [2.05, 4.69) is 16.0 Å². The molecule has 31 heteroatoms. The van der Waals surface area contributed by atoms with Crippen molar-refractivity contribution >= 4 is 82.5 Å². The summed E-state index contributed by atoms with van der Waals surface area (Å²) >= 11 is 0.929. The molecule has 0 spiro atoms. The number of alkyl halides is 3. The Bertz CT molecular complexity index is 3060. The van der Waals surface area contributed by atoms with Gasteiger partial charge in [0.05, 0.1) is 28.7 Å². The summed E-state index contributed by atoms with van der Waals surface area (Å²) in [6, 6.07) is 10.7. The van der Waals surface area contributed by atoms with Crippen LogP contribution >= 0.6 is 11.8 Å². The Morgan fingerprint density at radius 3 is 2.07 bits per heavy atom. The standard InChI is InChI=1S/C52H66F2N12O11S.C2HF3O2/c1-29(48(73)65(38(46(57)71)11-8-20-60-51(58)77)33-13-15-34(16-14-33)66-42(69)25-40(49(66)74)78-28-37(56)50(75)76)61-41(68)18-21-59-47(72)36(55)19-22-63(43(70)27-67)45(52(2,3)4)44-31(23-30-9-6-5-7-10-30)26-64(62-44)39-24-32(53)12-17-35(39)54;3-2(4,5)1(6)7/h5-7,9-10,12-17,24,26,29,36-38,40,45,67H,8,11,18-23,25,27-28,55-56H2,1-4H3,(H2,57,71)(H,59,72)(H,61,68)(H,75,76)(H3,58,60,77);(H,6,7)/t29-,36-,37-,38-,40?,45-;/m0./s1. The maximum atomic E-state index is 15.2. The van der Waals surface area contributed by atoms with Crippen LogP contribution in [-0.2, 0) is 49.6 Å². The minimum absolute atomic E-state index is 0.0126. The Labute approximate surface area is 487 Å². The fourth-order valence-electron chi connectivity index (χ4n) is 8.75. The third kappa shape index (κ3) is 19.8. The number of benzene rings is 3. The summed E-state index contributed by atoms with van der Waals surface area (Å²) in [5.41, 5.74) is 23.9. The molecular weight excluding hydrogens is 1150 g/mol. The monoisotopic (exact) mass is 1220 g/mol. The van der Waals surface area contributed by atoms with E-state index in [1.54, 1.807) is 6.20 Å². The number of aliphatic hydroxyl groups is 1. The van der Waals surface area contributed by atoms with Crippen LogP contribution < -0.4 is 48.7 Å². The maximum absolute atomic E-state index is 15.2. The summed E-state index contributed by atoms with van der Waals surface area (Å²) in [5.74, 6) is -10.7. The molecule has 85 heavy (non-hydrogen) atoms. The highest BCUT2D eigenvalue weighted by atomic mass is 32.2. The smallest absolute Gasteiger partial charge is 0.480 e. The van der Waals surface area contributed by atoms with Crippen molar-refractivity contribution in [1.82, 2.24) is 30.6 Å². The zero-order valence-corrected chi connectivity index (χ0v) is 47.3. The molecule has 4 aromatic rings. The average Bonchev–Trinajstić information content (AvgIpc) is 2.21. The van der Waals surface area contributed by atoms with E-state index in [0.29, 0.717) is 11.3 Å². The third-order valence-corrected chi connectivity index (χ3v) is 14.2. The highest BCUT2D eigenvalue weighted by Gasteiger charge is 2.42. The number of urea groups is 1. The number of halogens is 5. The Hall–Kier alpha value is -8.55. The van der Waals surface area contributed by atoms with Gasteiger partial charge in [0.1, 0.15) is 42.1 Å². The van der Waals surface area contributed by atoms with Crippen LogP contribution in [0.3, 0.4) is 0 Å². The first-order chi connectivity index (χ1) is 39.8. The van der Waals surface area contributed by atoms with Crippen LogP contribution in [0.5, 0.6) is 0 Å². The van der Waals surface area contributed by atoms with Gasteiger partial charge in [0.2, 0.25) is 41.4 Å². The molecule has 6 atom stereocenters. The molecule has 2 heterocycles. The normalized spacial score (nSPS) is 15.1. The number of carbonyl (C=O) groups excluding carboxylic acids is 8. The first-order valence-electron chi connectivity index (χ1n) is 26.1. The molecule has 1 aliphatic heterocycles. The van der Waals surface area contributed by atoms with E-state index in [9.17, 15) is 65.8 Å². The van der Waals surface area contributed by atoms with Crippen molar-refractivity contribution in [3.63, 3.8) is 0 Å². The summed E-state index contributed by atoms with van der Waals surface area (Å²) in [6.07, 6.45) is -3.92. The zero-order chi connectivity index (χ0) is 63.7. The van der Waals surface area contributed by atoms with E-state index < -0.39 is 125 Å². The van der Waals surface area contributed by atoms with Gasteiger partial charge in [-0.15, -0.1) is 11.8 Å². The van der Waals surface area contributed by atoms with Crippen molar-refractivity contribution in [1.29, 1.82) is 0 Å². The molecule has 0 radical (unpaired) electrons. The van der Waals surface area contributed by atoms with Gasteiger partial charge in [-0.1, -0.05) is 51.1 Å². The molecule has 5 rings (SSSR count). The third-order valence-electron chi connectivity index (χ3n) is 12.8. The van der Waals surface area contributed by atoms with Crippen molar-refractivity contribution < 1.29 is 85.2 Å². The van der Waals surface area contributed by atoms with Gasteiger partial charge in [-0.3, -0.25) is 43.3 Å². The summed E-state index contributed by atoms with van der Waals surface area (Å²) in [6.45, 7) is 5.50. The van der Waals surface area contributed by atoms with Crippen LogP contribution in [-0.4, -0.2) is 157 Å². The van der Waals surface area contributed by atoms with Crippen LogP contribution in [0.1, 0.15) is 82.7 Å². The number of nitrogens with one attached hydrogen (secondary N) is 3. The van der Waals surface area contributed by atoms with Gasteiger partial charge in [-0.05, 0) is 73.6 Å². The lowest BCUT2D eigenvalue weighted by atomic mass is 9.81. The number of anilines is 2. The number of primary amides is 2. The number of aromatic nitrogens is 2. The number of rotatable bonds is 27. The number of hydrogen-bond acceptors (Lipinski definition) is 15. The lowest BCUT2D eigenvalue weighted by Gasteiger charge is -2.40. The number of nitrogens with zero attached hydrogens (tertiary/aromatic N) is 5. The fourth-order valence-corrected chi connectivity index (χ4v) is 9.84. The Kier molecular flexibility index (Phi) is 25.0. The van der Waals surface area contributed by atoms with Gasteiger partial charge in [0.25, 0.3) is 0 Å². The van der Waals surface area contributed by atoms with Crippen molar-refractivity contribution in [2.24, 2.45) is 28.3 Å². The molecule has 1 aliphatic rings. The van der Waals surface area contributed by atoms with Crippen LogP contribution in [0.4, 0.5) is 38.1 Å². The number of aliphatic hydroxyl groups excluding tert-OH is 1. The minimum Gasteiger partial charge on any atom is -0.480 e. The van der Waals surface area contributed by atoms with E-state index in [1.807, 2.05) is 51.1 Å². The molecule has 1 fully saturated rings. The van der Waals surface area contributed by atoms with Crippen LogP contribution in [0, 0.1) is 17.0 Å². The van der Waals surface area contributed by atoms with E-state index in [4.69, 9.17) is 43.0 Å². The van der Waals surface area contributed by atoms with Crippen LogP contribution in [0.25, 0.3) is 5.69 Å². The second kappa shape index (κ2) is 30.8. The molecule has 25 nitrogen and oxygen atoms in total. The highest BCUT2D eigenvalue weighted by Crippen LogP contribution is 2.40. The van der Waals surface area contributed by atoms with E-state index in [-0.39, 0.29) is 81.0 Å². The van der Waals surface area contributed by atoms with Crippen molar-refractivity contribution in [2.75, 3.05) is 41.8 Å². The van der Waals surface area contributed by atoms with Gasteiger partial charge in [0.15, 0.2) is 0 Å². The van der Waals surface area contributed by atoms with Gasteiger partial charge < -0.3 is 59.1 Å². The van der Waals surface area contributed by atoms with Gasteiger partial charge in [-0.25, -0.2) is 28.0 Å². The van der Waals surface area contributed by atoms with Crippen LogP contribution in [0.15, 0.2) is 79.0 Å². The van der Waals surface area contributed by atoms with E-state index in [1.165, 1.54) is 40.8 Å². The number of thioether (sulfide) groups is 1. The SMILES string of the molecule is C[C@H](NC(=O)CCNC(=O)[C@@H](N)CCN(C(=O)CO)[C@@H](c1nn(-c2cc(F)ccc2F)cc1Cc1ccccc1)C(C)(C)C)C(=O)N(c1ccc(N2C(=O)CC(SC[C@H](N)C(=O)O)C2=O)cc1)[C@@H](CCCNC(N)=O)C(N)=O.O=C(O)C(F)(F)F. The molecule has 1 aromatic heterocycles. The number of carboxylic acids is 2. The van der Waals surface area contributed by atoms with E-state index in [0.717, 1.165) is 45.3 Å². The molecule has 3 aromatic carbocycles. The first kappa shape index (κ1) is 68.9. The van der Waals surface area contributed by atoms with Crippen molar-refractivity contribution in [2.45, 2.75) is 108 Å². The molecule has 462 valence electrons. The Balaban J connectivity index is 0.00000208. The average molecular weight is 1220 g/mol. The second-order valence-corrected chi connectivity index (χ2v) is 21.6. The van der Waals surface area contributed by atoms with Crippen molar-refractivity contribution in [3.05, 3.63) is 107 Å². The number of nitrogens with two attached hydrogens (primary N) is 4. The topological polar surface area (TPSA) is 399 Å². The lowest BCUT2D eigenvalue weighted by molar-refractivity contribution is -0.192. The molecule has 1 saturated heterocycles. The second-order valence-electron chi connectivity index (χ2n) is 20.4. The number of aliphatic carboxylic acids is 2. The first-order valence-corrected chi connectivity index (χ1v) is 27.1. The lowest BCUT2D eigenvalue weighted by Crippen LogP contribution is -2.55. The van der Waals surface area contributed by atoms with Gasteiger partial charge in [0, 0.05) is 68.2 Å². The largest absolute Gasteiger partial charge is 0.490 e. The quantitative estimate of drug-likeness (QED) is 0.0232. The molecule has 1 unspecified atom stereocenters. The molecule has 0 aliphatic carbocycles. The van der Waals surface area contributed by atoms with Crippen LogP contribution in [0.2, 0.25) is 0 Å². The summed E-state index contributed by atoms with van der Waals surface area (Å²) in [5, 5.41) is 37.8. The van der Waals surface area contributed by atoms with Gasteiger partial charge in [-0.2, -0.15) is 18.3 Å². The number of carboxylic acid groups (broad SMARTS) is 2. The molecule has 9 amide bonds. The predicted octanol–water partition coefficient (Wildman–Crippen LogP) is 2.12. The molecule has 14 N–H and O–H groups in total. The minimum atomic E-state index is -5.08. The molecular formula is C54H67F5N12O13S.